The number of nitrogens with zero attached hydrogens (tertiary/aromatic N) is 3. The van der Waals surface area contributed by atoms with Gasteiger partial charge in [-0.15, -0.1) is 0 Å². The third-order valence-electron chi connectivity index (χ3n) is 5.35. The van der Waals surface area contributed by atoms with E-state index in [1.165, 1.54) is 0 Å². The molecule has 34 heavy (non-hydrogen) atoms. The Morgan fingerprint density at radius 1 is 1.00 bits per heavy atom. The number of aryl methyl sites for hydroxylation is 1. The highest BCUT2D eigenvalue weighted by molar-refractivity contribution is 6.02. The smallest absolute Gasteiger partial charge is 0.407 e. The average molecular weight is 463 g/mol. The lowest BCUT2D eigenvalue weighted by molar-refractivity contribution is 0.0401. The van der Waals surface area contributed by atoms with Gasteiger partial charge in [0.05, 0.1) is 24.9 Å². The van der Waals surface area contributed by atoms with Gasteiger partial charge in [-0.1, -0.05) is 61.9 Å². The third kappa shape index (κ3) is 6.02. The number of fused-ring (bicyclic) bond motifs is 3. The lowest BCUT2D eigenvalue weighted by atomic mass is 10.2. The van der Waals surface area contributed by atoms with Crippen LogP contribution >= 0.6 is 0 Å². The monoisotopic (exact) mass is 462 g/mol. The van der Waals surface area contributed by atoms with Gasteiger partial charge in [-0.3, -0.25) is 4.98 Å². The van der Waals surface area contributed by atoms with Crippen LogP contribution in [0.25, 0.3) is 21.9 Å². The molecule has 0 bridgehead atoms. The van der Waals surface area contributed by atoms with Crippen LogP contribution in [0.1, 0.15) is 31.2 Å². The Kier molecular flexibility index (Phi) is 8.29. The molecular formula is C26H30N4O4. The van der Waals surface area contributed by atoms with Crippen LogP contribution in [0.2, 0.25) is 0 Å². The first-order chi connectivity index (χ1) is 16.8. The number of imidazole rings is 1. The zero-order chi connectivity index (χ0) is 23.6. The molecule has 2 aromatic carbocycles. The van der Waals surface area contributed by atoms with Gasteiger partial charge in [-0.2, -0.15) is 4.73 Å². The van der Waals surface area contributed by atoms with Gasteiger partial charge in [0.2, 0.25) is 0 Å². The van der Waals surface area contributed by atoms with E-state index in [4.69, 9.17) is 19.3 Å². The van der Waals surface area contributed by atoms with Gasteiger partial charge >= 0.3 is 6.09 Å². The van der Waals surface area contributed by atoms with Crippen LogP contribution in [0.15, 0.2) is 60.8 Å². The molecule has 0 aliphatic carbocycles. The van der Waals surface area contributed by atoms with Crippen LogP contribution < -0.4 is 10.2 Å². The molecule has 178 valence electrons. The molecule has 4 rings (SSSR count). The molecule has 4 aromatic rings. The Labute approximate surface area is 198 Å². The molecule has 0 saturated carbocycles. The summed E-state index contributed by atoms with van der Waals surface area (Å²) in [6.07, 6.45) is 4.27. The maximum absolute atomic E-state index is 11.8. The van der Waals surface area contributed by atoms with Gasteiger partial charge in [0.25, 0.3) is 0 Å². The standard InChI is InChI=1S/C26H30N4O4/c1-2-3-13-24-29-23-18-28-22-12-8-7-11-21(22)25(23)30(24)34-17-16-32-15-14-27-26(31)33-19-20-9-5-4-6-10-20/h4-12,18H,2-3,13-17,19H2,1H3,(H,27,31). The highest BCUT2D eigenvalue weighted by Crippen LogP contribution is 2.24. The first kappa shape index (κ1) is 23.5. The van der Waals surface area contributed by atoms with E-state index in [0.29, 0.717) is 26.4 Å². The fraction of sp³-hybridized carbons (Fsp3) is 0.346. The summed E-state index contributed by atoms with van der Waals surface area (Å²) >= 11 is 0. The molecule has 0 radical (unpaired) electrons. The molecule has 0 fully saturated rings. The lowest BCUT2D eigenvalue weighted by Crippen LogP contribution is -2.28. The van der Waals surface area contributed by atoms with Crippen molar-refractivity contribution in [3.8, 4) is 0 Å². The van der Waals surface area contributed by atoms with E-state index in [-0.39, 0.29) is 6.61 Å². The van der Waals surface area contributed by atoms with Crippen molar-refractivity contribution >= 4 is 28.0 Å². The van der Waals surface area contributed by atoms with Crippen molar-refractivity contribution in [3.05, 3.63) is 72.2 Å². The quantitative estimate of drug-likeness (QED) is 0.316. The van der Waals surface area contributed by atoms with Crippen LogP contribution in [0.5, 0.6) is 0 Å². The fourth-order valence-electron chi connectivity index (χ4n) is 3.65. The summed E-state index contributed by atoms with van der Waals surface area (Å²) in [5.74, 6) is 0.887. The van der Waals surface area contributed by atoms with E-state index >= 15 is 0 Å². The van der Waals surface area contributed by atoms with Gasteiger partial charge in [0, 0.05) is 18.4 Å². The predicted molar refractivity (Wildman–Crippen MR) is 131 cm³/mol. The molecule has 0 aliphatic heterocycles. The molecule has 1 amide bonds. The number of carbonyl (C=O) groups excluding carboxylic acids is 1. The van der Waals surface area contributed by atoms with E-state index < -0.39 is 6.09 Å². The average Bonchev–Trinajstić information content (AvgIpc) is 3.24. The van der Waals surface area contributed by atoms with E-state index in [0.717, 1.165) is 52.6 Å². The number of nitrogens with one attached hydrogen (secondary N) is 1. The molecule has 1 N–H and O–H groups in total. The number of hydrogen-bond acceptors (Lipinski definition) is 6. The summed E-state index contributed by atoms with van der Waals surface area (Å²) in [6, 6.07) is 17.5. The summed E-state index contributed by atoms with van der Waals surface area (Å²) in [7, 11) is 0. The van der Waals surface area contributed by atoms with Crippen LogP contribution in [0, 0.1) is 0 Å². The van der Waals surface area contributed by atoms with Crippen LogP contribution in [0.3, 0.4) is 0 Å². The summed E-state index contributed by atoms with van der Waals surface area (Å²) in [4.78, 5) is 27.2. The molecular weight excluding hydrogens is 432 g/mol. The first-order valence-corrected chi connectivity index (χ1v) is 11.7. The largest absolute Gasteiger partial charge is 0.445 e. The van der Waals surface area contributed by atoms with E-state index in [2.05, 4.69) is 17.2 Å². The first-order valence-electron chi connectivity index (χ1n) is 11.7. The molecule has 0 spiro atoms. The van der Waals surface area contributed by atoms with Gasteiger partial charge in [-0.25, -0.2) is 9.78 Å². The number of pyridine rings is 1. The Bertz CT molecular complexity index is 1210. The molecule has 2 heterocycles. The summed E-state index contributed by atoms with van der Waals surface area (Å²) in [5, 5.41) is 3.69. The number of unbranched alkanes of at least 4 members (excludes halogenated alkanes) is 1. The Balaban J connectivity index is 1.25. The minimum atomic E-state index is -0.463. The Morgan fingerprint density at radius 2 is 1.82 bits per heavy atom. The van der Waals surface area contributed by atoms with E-state index in [9.17, 15) is 4.79 Å². The minimum absolute atomic E-state index is 0.241. The van der Waals surface area contributed by atoms with Crippen molar-refractivity contribution in [1.82, 2.24) is 20.0 Å². The maximum Gasteiger partial charge on any atom is 0.407 e. The number of alkyl carbamates (subject to hydrolysis) is 1. The fourth-order valence-corrected chi connectivity index (χ4v) is 3.65. The van der Waals surface area contributed by atoms with Gasteiger partial charge < -0.3 is 19.6 Å². The number of benzene rings is 2. The highest BCUT2D eigenvalue weighted by Gasteiger charge is 2.15. The topological polar surface area (TPSA) is 87.5 Å². The summed E-state index contributed by atoms with van der Waals surface area (Å²) in [5.41, 5.74) is 3.60. The van der Waals surface area contributed by atoms with Crippen molar-refractivity contribution in [2.75, 3.05) is 26.4 Å². The van der Waals surface area contributed by atoms with Crippen molar-refractivity contribution in [2.45, 2.75) is 32.8 Å². The van der Waals surface area contributed by atoms with Crippen LogP contribution in [-0.2, 0) is 22.5 Å². The molecule has 0 atom stereocenters. The van der Waals surface area contributed by atoms with Crippen LogP contribution in [0.4, 0.5) is 4.79 Å². The number of hydrogen-bond donors (Lipinski definition) is 1. The van der Waals surface area contributed by atoms with Crippen molar-refractivity contribution in [2.24, 2.45) is 0 Å². The summed E-state index contributed by atoms with van der Waals surface area (Å²) < 4.78 is 12.6. The van der Waals surface area contributed by atoms with E-state index in [1.54, 1.807) is 6.20 Å². The Morgan fingerprint density at radius 3 is 2.68 bits per heavy atom. The SMILES string of the molecule is CCCCc1nc2cnc3ccccc3c2n1OCCOCCNC(=O)OCc1ccccc1. The van der Waals surface area contributed by atoms with Crippen molar-refractivity contribution < 1.29 is 19.1 Å². The van der Waals surface area contributed by atoms with Gasteiger partial charge in [-0.05, 0) is 18.1 Å². The Hall–Kier alpha value is -3.65. The molecule has 0 saturated heterocycles. The maximum atomic E-state index is 11.8. The van der Waals surface area contributed by atoms with Gasteiger partial charge in [0.1, 0.15) is 30.1 Å². The minimum Gasteiger partial charge on any atom is -0.445 e. The van der Waals surface area contributed by atoms with E-state index in [1.807, 2.05) is 59.3 Å². The normalized spacial score (nSPS) is 11.1. The number of rotatable bonds is 12. The number of ether oxygens (including phenoxy) is 2. The van der Waals surface area contributed by atoms with Crippen molar-refractivity contribution in [1.29, 1.82) is 0 Å². The zero-order valence-corrected chi connectivity index (χ0v) is 19.4. The molecule has 0 aliphatic rings. The van der Waals surface area contributed by atoms with Gasteiger partial charge in [0.15, 0.2) is 0 Å². The molecule has 8 heteroatoms. The molecule has 8 nitrogen and oxygen atoms in total. The number of amides is 1. The highest BCUT2D eigenvalue weighted by atomic mass is 16.7. The lowest BCUT2D eigenvalue weighted by Gasteiger charge is -2.12. The zero-order valence-electron chi connectivity index (χ0n) is 19.4. The predicted octanol–water partition coefficient (Wildman–Crippen LogP) is 4.30. The third-order valence-corrected chi connectivity index (χ3v) is 5.35. The second kappa shape index (κ2) is 12.0. The summed E-state index contributed by atoms with van der Waals surface area (Å²) in [6.45, 7) is 3.87. The second-order valence-corrected chi connectivity index (χ2v) is 7.87. The number of para-hydroxylation sites is 1. The number of aromatic nitrogens is 3. The second-order valence-electron chi connectivity index (χ2n) is 7.87. The van der Waals surface area contributed by atoms with Crippen LogP contribution in [-0.4, -0.2) is 47.2 Å². The number of carbonyl (C=O) groups is 1. The molecule has 0 unspecified atom stereocenters. The molecule has 2 aromatic heterocycles. The van der Waals surface area contributed by atoms with Crippen molar-refractivity contribution in [3.63, 3.8) is 0 Å².